The Morgan fingerprint density at radius 3 is 2.12 bits per heavy atom. The molecule has 2 saturated heterocycles. The first-order chi connectivity index (χ1) is 12.8. The fraction of sp³-hybridized carbons (Fsp3) is 0.500. The molecule has 0 bridgehead atoms. The van der Waals surface area contributed by atoms with Crippen LogP contribution in [0.3, 0.4) is 0 Å². The van der Waals surface area contributed by atoms with Crippen molar-refractivity contribution >= 4 is 11.6 Å². The molecule has 0 spiro atoms. The minimum atomic E-state index is -0.172. The Kier molecular flexibility index (Phi) is 4.00. The minimum Gasteiger partial charge on any atom is -0.369 e. The standard InChI is InChI=1S/C20H24FN5/c21-17-3-5-18(6-4-17)24-7-9-25(10-8-24)19-13-26(14-19)20-22-11-16(12-23-20)15-1-2-15/h3-6,11-12,15,19H,1-2,7-10,13-14H2. The molecule has 6 heteroatoms. The van der Waals surface area contributed by atoms with Gasteiger partial charge < -0.3 is 9.80 Å². The van der Waals surface area contributed by atoms with Gasteiger partial charge in [0.15, 0.2) is 0 Å². The van der Waals surface area contributed by atoms with Gasteiger partial charge in [-0.05, 0) is 48.6 Å². The zero-order valence-electron chi connectivity index (χ0n) is 14.9. The molecule has 5 rings (SSSR count). The second-order valence-corrected chi connectivity index (χ2v) is 7.65. The van der Waals surface area contributed by atoms with Gasteiger partial charge in [-0.1, -0.05) is 0 Å². The maximum atomic E-state index is 13.1. The van der Waals surface area contributed by atoms with Crippen molar-refractivity contribution in [2.45, 2.75) is 24.8 Å². The number of halogens is 1. The maximum absolute atomic E-state index is 13.1. The smallest absolute Gasteiger partial charge is 0.225 e. The predicted molar refractivity (Wildman–Crippen MR) is 100 cm³/mol. The van der Waals surface area contributed by atoms with Crippen molar-refractivity contribution in [3.8, 4) is 0 Å². The Bertz CT molecular complexity index is 745. The highest BCUT2D eigenvalue weighted by atomic mass is 19.1. The Balaban J connectivity index is 1.12. The lowest BCUT2D eigenvalue weighted by molar-refractivity contribution is 0.156. The molecule has 0 N–H and O–H groups in total. The monoisotopic (exact) mass is 353 g/mol. The van der Waals surface area contributed by atoms with E-state index < -0.39 is 0 Å². The summed E-state index contributed by atoms with van der Waals surface area (Å²) in [4.78, 5) is 16.3. The van der Waals surface area contributed by atoms with Gasteiger partial charge in [-0.15, -0.1) is 0 Å². The van der Waals surface area contributed by atoms with Crippen LogP contribution >= 0.6 is 0 Å². The molecular weight excluding hydrogens is 329 g/mol. The van der Waals surface area contributed by atoms with E-state index in [2.05, 4.69) is 24.7 Å². The lowest BCUT2D eigenvalue weighted by Crippen LogP contribution is -2.63. The van der Waals surface area contributed by atoms with Crippen LogP contribution in [0.15, 0.2) is 36.7 Å². The lowest BCUT2D eigenvalue weighted by Gasteiger charge is -2.48. The van der Waals surface area contributed by atoms with E-state index in [4.69, 9.17) is 0 Å². The zero-order chi connectivity index (χ0) is 17.5. The van der Waals surface area contributed by atoms with E-state index in [9.17, 15) is 4.39 Å². The number of anilines is 2. The average molecular weight is 353 g/mol. The maximum Gasteiger partial charge on any atom is 0.225 e. The van der Waals surface area contributed by atoms with Gasteiger partial charge in [0.1, 0.15) is 5.82 Å². The first-order valence-corrected chi connectivity index (χ1v) is 9.58. The lowest BCUT2D eigenvalue weighted by atomic mass is 10.1. The summed E-state index contributed by atoms with van der Waals surface area (Å²) in [6, 6.07) is 7.43. The van der Waals surface area contributed by atoms with E-state index in [0.29, 0.717) is 12.0 Å². The fourth-order valence-corrected chi connectivity index (χ4v) is 3.97. The summed E-state index contributed by atoms with van der Waals surface area (Å²) in [5, 5.41) is 0. The number of aromatic nitrogens is 2. The van der Waals surface area contributed by atoms with Crippen molar-refractivity contribution in [1.29, 1.82) is 0 Å². The number of piperazine rings is 1. The van der Waals surface area contributed by atoms with Crippen molar-refractivity contribution in [3.63, 3.8) is 0 Å². The Labute approximate surface area is 153 Å². The molecular formula is C20H24FN5. The van der Waals surface area contributed by atoms with Gasteiger partial charge in [0.25, 0.3) is 0 Å². The second kappa shape index (κ2) is 6.50. The highest BCUT2D eigenvalue weighted by molar-refractivity contribution is 5.46. The molecule has 0 atom stereocenters. The highest BCUT2D eigenvalue weighted by Gasteiger charge is 2.35. The van der Waals surface area contributed by atoms with Crippen LogP contribution in [0.1, 0.15) is 24.3 Å². The van der Waals surface area contributed by atoms with Crippen molar-refractivity contribution in [1.82, 2.24) is 14.9 Å². The normalized spacial score (nSPS) is 21.7. The molecule has 3 aliphatic rings. The predicted octanol–water partition coefficient (Wildman–Crippen LogP) is 2.50. The molecule has 0 radical (unpaired) electrons. The minimum absolute atomic E-state index is 0.172. The number of hydrogen-bond donors (Lipinski definition) is 0. The van der Waals surface area contributed by atoms with E-state index >= 15 is 0 Å². The highest BCUT2D eigenvalue weighted by Crippen LogP contribution is 2.39. The molecule has 3 heterocycles. The quantitative estimate of drug-likeness (QED) is 0.844. The second-order valence-electron chi connectivity index (χ2n) is 7.65. The first kappa shape index (κ1) is 16.0. The van der Waals surface area contributed by atoms with Gasteiger partial charge in [0.05, 0.1) is 0 Å². The van der Waals surface area contributed by atoms with E-state index in [1.807, 2.05) is 24.5 Å². The van der Waals surface area contributed by atoms with Crippen LogP contribution < -0.4 is 9.80 Å². The van der Waals surface area contributed by atoms with Crippen molar-refractivity contribution in [2.24, 2.45) is 0 Å². The largest absolute Gasteiger partial charge is 0.369 e. The molecule has 0 unspecified atom stereocenters. The summed E-state index contributed by atoms with van der Waals surface area (Å²) >= 11 is 0. The van der Waals surface area contributed by atoms with Crippen LogP contribution in [0.5, 0.6) is 0 Å². The summed E-state index contributed by atoms with van der Waals surface area (Å²) in [6.07, 6.45) is 6.60. The van der Waals surface area contributed by atoms with Gasteiger partial charge in [-0.2, -0.15) is 0 Å². The Hall–Kier alpha value is -2.21. The molecule has 1 aliphatic carbocycles. The van der Waals surface area contributed by atoms with Gasteiger partial charge in [-0.3, -0.25) is 4.90 Å². The Morgan fingerprint density at radius 2 is 1.50 bits per heavy atom. The van der Waals surface area contributed by atoms with Crippen LogP contribution in [0.25, 0.3) is 0 Å². The third kappa shape index (κ3) is 3.14. The Morgan fingerprint density at radius 1 is 0.846 bits per heavy atom. The van der Waals surface area contributed by atoms with Gasteiger partial charge in [-0.25, -0.2) is 14.4 Å². The van der Waals surface area contributed by atoms with E-state index in [1.165, 1.54) is 18.4 Å². The van der Waals surface area contributed by atoms with Crippen LogP contribution in [0.2, 0.25) is 0 Å². The van der Waals surface area contributed by atoms with Crippen molar-refractivity contribution in [3.05, 3.63) is 48.0 Å². The third-order valence-corrected chi connectivity index (χ3v) is 5.87. The molecule has 1 saturated carbocycles. The van der Waals surface area contributed by atoms with Gasteiger partial charge >= 0.3 is 0 Å². The molecule has 3 fully saturated rings. The van der Waals surface area contributed by atoms with E-state index in [-0.39, 0.29) is 5.82 Å². The summed E-state index contributed by atoms with van der Waals surface area (Å²) < 4.78 is 13.1. The fourth-order valence-electron chi connectivity index (χ4n) is 3.97. The van der Waals surface area contributed by atoms with Crippen LogP contribution in [0.4, 0.5) is 16.0 Å². The molecule has 0 amide bonds. The molecule has 2 aromatic rings. The molecule has 1 aromatic heterocycles. The molecule has 136 valence electrons. The molecule has 5 nitrogen and oxygen atoms in total. The topological polar surface area (TPSA) is 35.5 Å². The van der Waals surface area contributed by atoms with Crippen LogP contribution in [-0.4, -0.2) is 60.2 Å². The summed E-state index contributed by atoms with van der Waals surface area (Å²) in [6.45, 7) is 6.12. The molecule has 26 heavy (non-hydrogen) atoms. The van der Waals surface area contributed by atoms with Gasteiger partial charge in [0.2, 0.25) is 5.95 Å². The molecule has 2 aliphatic heterocycles. The summed E-state index contributed by atoms with van der Waals surface area (Å²) in [7, 11) is 0. The number of benzene rings is 1. The summed E-state index contributed by atoms with van der Waals surface area (Å²) in [5.41, 5.74) is 2.41. The number of hydrogen-bond acceptors (Lipinski definition) is 5. The van der Waals surface area contributed by atoms with Crippen molar-refractivity contribution < 1.29 is 4.39 Å². The zero-order valence-corrected chi connectivity index (χ0v) is 14.9. The van der Waals surface area contributed by atoms with Crippen molar-refractivity contribution in [2.75, 3.05) is 49.1 Å². The number of nitrogens with zero attached hydrogens (tertiary/aromatic N) is 5. The molecule has 1 aromatic carbocycles. The third-order valence-electron chi connectivity index (χ3n) is 5.87. The average Bonchev–Trinajstić information content (AvgIpc) is 3.48. The van der Waals surface area contributed by atoms with E-state index in [1.54, 1.807) is 12.1 Å². The van der Waals surface area contributed by atoms with Gasteiger partial charge in [0, 0.05) is 63.4 Å². The number of rotatable bonds is 4. The SMILES string of the molecule is Fc1ccc(N2CCN(C3CN(c4ncc(C5CC5)cn4)C3)CC2)cc1. The van der Waals surface area contributed by atoms with Crippen LogP contribution in [0, 0.1) is 5.82 Å². The van der Waals surface area contributed by atoms with Crippen LogP contribution in [-0.2, 0) is 0 Å². The first-order valence-electron chi connectivity index (χ1n) is 9.58. The van der Waals surface area contributed by atoms with E-state index in [0.717, 1.165) is 50.9 Å². The summed E-state index contributed by atoms with van der Waals surface area (Å²) in [5.74, 6) is 1.41.